The Morgan fingerprint density at radius 1 is 1.00 bits per heavy atom. The van der Waals surface area contributed by atoms with E-state index in [1.54, 1.807) is 25.3 Å². The molecular weight excluding hydrogens is 421 g/mol. The van der Waals surface area contributed by atoms with Crippen LogP contribution < -0.4 is 10.3 Å². The largest absolute Gasteiger partial charge is 0.497 e. The monoisotopic (exact) mass is 435 g/mol. The number of imidazole rings is 1. The molecular formula is C23H15Cl2N3O2. The predicted molar refractivity (Wildman–Crippen MR) is 120 cm³/mol. The van der Waals surface area contributed by atoms with E-state index in [1.807, 2.05) is 48.5 Å². The van der Waals surface area contributed by atoms with Crippen molar-refractivity contribution in [2.24, 2.45) is 4.99 Å². The van der Waals surface area contributed by atoms with Crippen LogP contribution in [0.4, 0.5) is 5.69 Å². The highest BCUT2D eigenvalue weighted by Gasteiger charge is 2.13. The minimum Gasteiger partial charge on any atom is -0.497 e. The molecule has 0 bridgehead atoms. The summed E-state index contributed by atoms with van der Waals surface area (Å²) in [6.45, 7) is 0. The summed E-state index contributed by atoms with van der Waals surface area (Å²) in [5.74, 6) is 1.38. The lowest BCUT2D eigenvalue weighted by Crippen LogP contribution is -2.06. The van der Waals surface area contributed by atoms with E-state index < -0.39 is 0 Å². The quantitative estimate of drug-likeness (QED) is 0.350. The first kappa shape index (κ1) is 18.7. The molecule has 1 N–H and O–H groups in total. The average Bonchev–Trinajstić information content (AvgIpc) is 3.19. The van der Waals surface area contributed by atoms with Gasteiger partial charge in [-0.2, -0.15) is 0 Å². The van der Waals surface area contributed by atoms with Crippen LogP contribution in [0, 0.1) is 0 Å². The number of benzene rings is 3. The van der Waals surface area contributed by atoms with Gasteiger partial charge in [-0.05, 0) is 54.6 Å². The first-order chi connectivity index (χ1) is 14.6. The standard InChI is InChI=1S/C23H15Cl2N3O2/c1-29-15-7-9-21-13(10-15)11-16(22-26-19-4-2-3-5-20(19)27-22)23(30-21)28-18-8-6-14(24)12-17(18)25/h2-12H,1H3,(H,26,27). The summed E-state index contributed by atoms with van der Waals surface area (Å²) in [4.78, 5) is 12.7. The number of halogens is 2. The molecule has 148 valence electrons. The Hall–Kier alpha value is -3.28. The smallest absolute Gasteiger partial charge is 0.230 e. The van der Waals surface area contributed by atoms with Gasteiger partial charge in [0.15, 0.2) is 0 Å². The van der Waals surface area contributed by atoms with Gasteiger partial charge in [0.1, 0.15) is 17.2 Å². The molecule has 0 unspecified atom stereocenters. The van der Waals surface area contributed by atoms with E-state index in [1.165, 1.54) is 0 Å². The van der Waals surface area contributed by atoms with Crippen LogP contribution in [0.1, 0.15) is 0 Å². The number of aromatic nitrogens is 2. The molecule has 0 aliphatic rings. The lowest BCUT2D eigenvalue weighted by Gasteiger charge is -2.06. The van der Waals surface area contributed by atoms with Gasteiger partial charge in [0.25, 0.3) is 0 Å². The van der Waals surface area contributed by atoms with Gasteiger partial charge in [0.2, 0.25) is 5.55 Å². The summed E-state index contributed by atoms with van der Waals surface area (Å²) in [6.07, 6.45) is 0. The highest BCUT2D eigenvalue weighted by Crippen LogP contribution is 2.29. The maximum Gasteiger partial charge on any atom is 0.230 e. The number of hydrogen-bond donors (Lipinski definition) is 1. The summed E-state index contributed by atoms with van der Waals surface area (Å²) < 4.78 is 11.5. The second kappa shape index (κ2) is 7.52. The summed E-state index contributed by atoms with van der Waals surface area (Å²) >= 11 is 12.4. The van der Waals surface area contributed by atoms with E-state index in [9.17, 15) is 0 Å². The highest BCUT2D eigenvalue weighted by molar-refractivity contribution is 6.36. The SMILES string of the molecule is COc1ccc2oc(=Nc3ccc(Cl)cc3Cl)c(-c3nc4ccccc4[nH]3)cc2c1. The zero-order valence-corrected chi connectivity index (χ0v) is 17.3. The Morgan fingerprint density at radius 3 is 2.67 bits per heavy atom. The number of fused-ring (bicyclic) bond motifs is 2. The van der Waals surface area contributed by atoms with Crippen LogP contribution in [0.5, 0.6) is 5.75 Å². The molecule has 2 heterocycles. The van der Waals surface area contributed by atoms with Gasteiger partial charge in [-0.25, -0.2) is 9.98 Å². The first-order valence-electron chi connectivity index (χ1n) is 9.17. The number of nitrogens with zero attached hydrogens (tertiary/aromatic N) is 2. The lowest BCUT2D eigenvalue weighted by molar-refractivity contribution is 0.415. The third-order valence-corrected chi connectivity index (χ3v) is 5.27. The summed E-state index contributed by atoms with van der Waals surface area (Å²) in [6, 6.07) is 20.5. The molecule has 0 atom stereocenters. The highest BCUT2D eigenvalue weighted by atomic mass is 35.5. The van der Waals surface area contributed by atoms with Gasteiger partial charge in [0, 0.05) is 10.4 Å². The summed E-state index contributed by atoms with van der Waals surface area (Å²) in [7, 11) is 1.63. The van der Waals surface area contributed by atoms with Crippen LogP contribution in [-0.2, 0) is 0 Å². The number of methoxy groups -OCH3 is 1. The van der Waals surface area contributed by atoms with Crippen molar-refractivity contribution in [1.29, 1.82) is 0 Å². The summed E-state index contributed by atoms with van der Waals surface area (Å²) in [5.41, 5.74) is 4.09. The lowest BCUT2D eigenvalue weighted by atomic mass is 10.1. The third-order valence-electron chi connectivity index (χ3n) is 4.73. The molecule has 3 aromatic carbocycles. The van der Waals surface area contributed by atoms with Gasteiger partial charge >= 0.3 is 0 Å². The first-order valence-corrected chi connectivity index (χ1v) is 9.93. The predicted octanol–water partition coefficient (Wildman–Crippen LogP) is 6.52. The minimum atomic E-state index is 0.385. The van der Waals surface area contributed by atoms with Crippen molar-refractivity contribution in [3.8, 4) is 17.1 Å². The number of aromatic amines is 1. The van der Waals surface area contributed by atoms with Crippen molar-refractivity contribution in [3.63, 3.8) is 0 Å². The average molecular weight is 436 g/mol. The molecule has 0 aliphatic carbocycles. The number of nitrogens with one attached hydrogen (secondary N) is 1. The van der Waals surface area contributed by atoms with Crippen molar-refractivity contribution in [2.75, 3.05) is 7.11 Å². The van der Waals surface area contributed by atoms with Crippen LogP contribution in [-0.4, -0.2) is 17.1 Å². The fourth-order valence-electron chi connectivity index (χ4n) is 3.25. The van der Waals surface area contributed by atoms with Crippen LogP contribution in [0.25, 0.3) is 33.4 Å². The third kappa shape index (κ3) is 3.43. The molecule has 5 nitrogen and oxygen atoms in total. The molecule has 0 amide bonds. The number of rotatable bonds is 3. The number of hydrogen-bond acceptors (Lipinski definition) is 4. The molecule has 0 spiro atoms. The van der Waals surface area contributed by atoms with Crippen molar-refractivity contribution >= 4 is 50.9 Å². The van der Waals surface area contributed by atoms with Gasteiger partial charge in [-0.3, -0.25) is 0 Å². The number of ether oxygens (including phenoxy) is 1. The van der Waals surface area contributed by atoms with Crippen molar-refractivity contribution in [2.45, 2.75) is 0 Å². The Balaban J connectivity index is 1.81. The fraction of sp³-hybridized carbons (Fsp3) is 0.0435. The Bertz CT molecular complexity index is 1440. The molecule has 2 aromatic heterocycles. The minimum absolute atomic E-state index is 0.385. The summed E-state index contributed by atoms with van der Waals surface area (Å²) in [5, 5.41) is 1.84. The van der Waals surface area contributed by atoms with Crippen molar-refractivity contribution in [1.82, 2.24) is 9.97 Å². The second-order valence-corrected chi connectivity index (χ2v) is 7.52. The van der Waals surface area contributed by atoms with Crippen LogP contribution in [0.3, 0.4) is 0 Å². The topological polar surface area (TPSA) is 63.4 Å². The van der Waals surface area contributed by atoms with Gasteiger partial charge < -0.3 is 14.1 Å². The van der Waals surface area contributed by atoms with E-state index in [0.29, 0.717) is 38.3 Å². The molecule has 0 fully saturated rings. The molecule has 0 saturated heterocycles. The van der Waals surface area contributed by atoms with Crippen LogP contribution in [0.15, 0.2) is 76.1 Å². The van der Waals surface area contributed by atoms with E-state index >= 15 is 0 Å². The number of H-pyrrole nitrogens is 1. The van der Waals surface area contributed by atoms with Gasteiger partial charge in [0.05, 0.1) is 34.4 Å². The number of para-hydroxylation sites is 2. The molecule has 30 heavy (non-hydrogen) atoms. The van der Waals surface area contributed by atoms with Gasteiger partial charge in [-0.15, -0.1) is 0 Å². The van der Waals surface area contributed by atoms with Crippen molar-refractivity contribution < 1.29 is 9.15 Å². The molecule has 5 rings (SSSR count). The normalized spacial score (nSPS) is 12.0. The van der Waals surface area contributed by atoms with E-state index in [4.69, 9.17) is 37.3 Å². The maximum absolute atomic E-state index is 6.34. The fourth-order valence-corrected chi connectivity index (χ4v) is 3.70. The van der Waals surface area contributed by atoms with E-state index in [-0.39, 0.29) is 0 Å². The van der Waals surface area contributed by atoms with E-state index in [0.717, 1.165) is 22.2 Å². The van der Waals surface area contributed by atoms with Crippen LogP contribution in [0.2, 0.25) is 10.0 Å². The second-order valence-electron chi connectivity index (χ2n) is 6.68. The molecule has 5 aromatic rings. The Morgan fingerprint density at radius 2 is 1.87 bits per heavy atom. The Labute approximate surface area is 181 Å². The molecule has 0 saturated carbocycles. The van der Waals surface area contributed by atoms with Crippen molar-refractivity contribution in [3.05, 3.63) is 82.3 Å². The Kier molecular flexibility index (Phi) is 4.69. The zero-order valence-electron chi connectivity index (χ0n) is 15.8. The molecule has 0 aliphatic heterocycles. The van der Waals surface area contributed by atoms with Gasteiger partial charge in [-0.1, -0.05) is 35.3 Å². The zero-order chi connectivity index (χ0) is 20.7. The van der Waals surface area contributed by atoms with Crippen LogP contribution >= 0.6 is 23.2 Å². The maximum atomic E-state index is 6.34. The van der Waals surface area contributed by atoms with E-state index in [2.05, 4.69) is 9.98 Å². The molecule has 7 heteroatoms. The molecule has 0 radical (unpaired) electrons.